The minimum absolute atomic E-state index is 0.234. The Morgan fingerprint density at radius 3 is 2.61 bits per heavy atom. The predicted octanol–water partition coefficient (Wildman–Crippen LogP) is 3.57. The van der Waals surface area contributed by atoms with Gasteiger partial charge in [-0.3, -0.25) is 14.5 Å². The van der Waals surface area contributed by atoms with Crippen molar-refractivity contribution in [1.82, 2.24) is 10.2 Å². The van der Waals surface area contributed by atoms with E-state index < -0.39 is 0 Å². The van der Waals surface area contributed by atoms with Crippen LogP contribution >= 0.6 is 15.9 Å². The first-order valence-electron chi connectivity index (χ1n) is 8.76. The Morgan fingerprint density at radius 1 is 1.11 bits per heavy atom. The number of carbonyl (C=O) groups is 3. The minimum Gasteiger partial charge on any atom is -0.495 e. The molecule has 0 spiro atoms. The zero-order valence-corrected chi connectivity index (χ0v) is 17.1. The lowest BCUT2D eigenvalue weighted by Gasteiger charge is -2.15. The van der Waals surface area contributed by atoms with Crippen molar-refractivity contribution < 1.29 is 19.1 Å². The maximum absolute atomic E-state index is 12.4. The molecule has 1 heterocycles. The number of methoxy groups -OCH3 is 1. The van der Waals surface area contributed by atoms with E-state index in [0.717, 1.165) is 10.0 Å². The van der Waals surface area contributed by atoms with Crippen molar-refractivity contribution in [3.8, 4) is 5.75 Å². The Balaban J connectivity index is 1.50. The van der Waals surface area contributed by atoms with Crippen LogP contribution in [0.3, 0.4) is 0 Å². The summed E-state index contributed by atoms with van der Waals surface area (Å²) in [5.41, 5.74) is 2.38. The number of hydrogen-bond donors (Lipinski definition) is 2. The molecular weight excluding hydrogens is 426 g/mol. The SMILES string of the molecule is COc1ccc(C)cc1NC(=O)NCCCN1C(=O)c2ccc(Br)cc2C1=O. The largest absolute Gasteiger partial charge is 0.495 e. The number of halogens is 1. The van der Waals surface area contributed by atoms with E-state index in [9.17, 15) is 14.4 Å². The average molecular weight is 446 g/mol. The third kappa shape index (κ3) is 4.17. The normalized spacial score (nSPS) is 12.8. The van der Waals surface area contributed by atoms with E-state index in [2.05, 4.69) is 26.6 Å². The number of ether oxygens (including phenoxy) is 1. The molecule has 146 valence electrons. The maximum atomic E-state index is 12.4. The fraction of sp³-hybridized carbons (Fsp3) is 0.250. The van der Waals surface area contributed by atoms with Crippen molar-refractivity contribution in [2.75, 3.05) is 25.5 Å². The first-order chi connectivity index (χ1) is 13.4. The summed E-state index contributed by atoms with van der Waals surface area (Å²) in [6.07, 6.45) is 0.449. The topological polar surface area (TPSA) is 87.7 Å². The summed E-state index contributed by atoms with van der Waals surface area (Å²) in [5.74, 6) is -0.0466. The number of urea groups is 1. The quantitative estimate of drug-likeness (QED) is 0.525. The van der Waals surface area contributed by atoms with E-state index in [-0.39, 0.29) is 24.4 Å². The van der Waals surface area contributed by atoms with Crippen LogP contribution in [0.5, 0.6) is 5.75 Å². The number of rotatable bonds is 6. The van der Waals surface area contributed by atoms with Gasteiger partial charge in [0.05, 0.1) is 23.9 Å². The molecule has 4 amide bonds. The smallest absolute Gasteiger partial charge is 0.319 e. The Kier molecular flexibility index (Phi) is 5.99. The van der Waals surface area contributed by atoms with Crippen LogP contribution in [0, 0.1) is 6.92 Å². The summed E-state index contributed by atoms with van der Waals surface area (Å²) in [6, 6.07) is 10.1. The molecule has 0 saturated heterocycles. The number of nitrogens with one attached hydrogen (secondary N) is 2. The third-order valence-corrected chi connectivity index (χ3v) is 4.87. The number of amides is 4. The Morgan fingerprint density at radius 2 is 1.86 bits per heavy atom. The second-order valence-electron chi connectivity index (χ2n) is 6.39. The summed E-state index contributed by atoms with van der Waals surface area (Å²) in [4.78, 5) is 38.1. The molecule has 0 bridgehead atoms. The number of fused-ring (bicyclic) bond motifs is 1. The molecule has 2 aromatic carbocycles. The lowest BCUT2D eigenvalue weighted by molar-refractivity contribution is 0.0653. The van der Waals surface area contributed by atoms with E-state index in [1.807, 2.05) is 19.1 Å². The van der Waals surface area contributed by atoms with E-state index in [0.29, 0.717) is 35.5 Å². The lowest BCUT2D eigenvalue weighted by Crippen LogP contribution is -2.35. The minimum atomic E-state index is -0.379. The molecule has 7 nitrogen and oxygen atoms in total. The summed E-state index contributed by atoms with van der Waals surface area (Å²) in [5, 5.41) is 5.46. The zero-order chi connectivity index (χ0) is 20.3. The van der Waals surface area contributed by atoms with Crippen molar-refractivity contribution in [2.45, 2.75) is 13.3 Å². The van der Waals surface area contributed by atoms with Gasteiger partial charge < -0.3 is 15.4 Å². The van der Waals surface area contributed by atoms with Crippen LogP contribution in [0.2, 0.25) is 0 Å². The number of aryl methyl sites for hydroxylation is 1. The molecule has 28 heavy (non-hydrogen) atoms. The van der Waals surface area contributed by atoms with Gasteiger partial charge in [0.1, 0.15) is 5.75 Å². The van der Waals surface area contributed by atoms with Gasteiger partial charge in [-0.25, -0.2) is 4.79 Å². The summed E-state index contributed by atoms with van der Waals surface area (Å²) < 4.78 is 5.98. The highest BCUT2D eigenvalue weighted by Gasteiger charge is 2.34. The molecule has 1 aliphatic rings. The summed E-state index contributed by atoms with van der Waals surface area (Å²) in [6.45, 7) is 2.47. The number of benzene rings is 2. The Hall–Kier alpha value is -2.87. The van der Waals surface area contributed by atoms with Gasteiger partial charge in [-0.1, -0.05) is 22.0 Å². The number of carbonyl (C=O) groups excluding carboxylic acids is 3. The van der Waals surface area contributed by atoms with Crippen molar-refractivity contribution in [1.29, 1.82) is 0 Å². The molecule has 0 aliphatic carbocycles. The number of hydrogen-bond acceptors (Lipinski definition) is 4. The van der Waals surface area contributed by atoms with Gasteiger partial charge in [0.25, 0.3) is 11.8 Å². The first-order valence-corrected chi connectivity index (χ1v) is 9.55. The monoisotopic (exact) mass is 445 g/mol. The molecule has 0 atom stereocenters. The van der Waals surface area contributed by atoms with Crippen LogP contribution in [0.25, 0.3) is 0 Å². The van der Waals surface area contributed by atoms with Crippen molar-refractivity contribution in [3.05, 3.63) is 57.6 Å². The highest BCUT2D eigenvalue weighted by Crippen LogP contribution is 2.26. The van der Waals surface area contributed by atoms with Crippen LogP contribution in [0.1, 0.15) is 32.7 Å². The van der Waals surface area contributed by atoms with Crippen molar-refractivity contribution >= 4 is 39.5 Å². The number of imide groups is 1. The molecule has 0 radical (unpaired) electrons. The Labute approximate surface area is 171 Å². The van der Waals surface area contributed by atoms with Gasteiger partial charge >= 0.3 is 6.03 Å². The molecule has 0 fully saturated rings. The van der Waals surface area contributed by atoms with Gasteiger partial charge in [0, 0.05) is 17.6 Å². The molecule has 3 rings (SSSR count). The fourth-order valence-electron chi connectivity index (χ4n) is 2.99. The molecule has 2 N–H and O–H groups in total. The zero-order valence-electron chi connectivity index (χ0n) is 15.5. The standard InChI is InChI=1S/C20H20BrN3O4/c1-12-4-7-17(28-2)16(10-12)23-20(27)22-8-3-9-24-18(25)14-6-5-13(21)11-15(14)19(24)26/h4-7,10-11H,3,8-9H2,1-2H3,(H2,22,23,27). The van der Waals surface area contributed by atoms with E-state index in [4.69, 9.17) is 4.74 Å². The van der Waals surface area contributed by atoms with Gasteiger partial charge in [0.15, 0.2) is 0 Å². The van der Waals surface area contributed by atoms with E-state index in [1.165, 1.54) is 12.0 Å². The molecule has 0 unspecified atom stereocenters. The van der Waals surface area contributed by atoms with Crippen LogP contribution in [0.4, 0.5) is 10.5 Å². The molecule has 2 aromatic rings. The van der Waals surface area contributed by atoms with Crippen molar-refractivity contribution in [2.24, 2.45) is 0 Å². The second-order valence-corrected chi connectivity index (χ2v) is 7.31. The number of nitrogens with zero attached hydrogens (tertiary/aromatic N) is 1. The maximum Gasteiger partial charge on any atom is 0.319 e. The van der Waals surface area contributed by atoms with Crippen molar-refractivity contribution in [3.63, 3.8) is 0 Å². The second kappa shape index (κ2) is 8.43. The predicted molar refractivity (Wildman–Crippen MR) is 109 cm³/mol. The molecule has 1 aliphatic heterocycles. The highest BCUT2D eigenvalue weighted by atomic mass is 79.9. The van der Waals surface area contributed by atoms with Crippen LogP contribution in [-0.2, 0) is 0 Å². The van der Waals surface area contributed by atoms with E-state index >= 15 is 0 Å². The summed E-state index contributed by atoms with van der Waals surface area (Å²) >= 11 is 3.31. The Bertz CT molecular complexity index is 945. The lowest BCUT2D eigenvalue weighted by atomic mass is 10.1. The fourth-order valence-corrected chi connectivity index (χ4v) is 3.35. The first kappa shape index (κ1) is 19.9. The van der Waals surface area contributed by atoms with Gasteiger partial charge in [-0.15, -0.1) is 0 Å². The molecule has 8 heteroatoms. The third-order valence-electron chi connectivity index (χ3n) is 4.38. The van der Waals surface area contributed by atoms with Gasteiger partial charge in [-0.2, -0.15) is 0 Å². The van der Waals surface area contributed by atoms with E-state index in [1.54, 1.807) is 24.3 Å². The van der Waals surface area contributed by atoms with Gasteiger partial charge in [0.2, 0.25) is 0 Å². The summed E-state index contributed by atoms with van der Waals surface area (Å²) in [7, 11) is 1.54. The number of anilines is 1. The average Bonchev–Trinajstić information content (AvgIpc) is 2.89. The van der Waals surface area contributed by atoms with Gasteiger partial charge in [-0.05, 0) is 49.2 Å². The van der Waals surface area contributed by atoms with Crippen LogP contribution in [0.15, 0.2) is 40.9 Å². The van der Waals surface area contributed by atoms with Crippen LogP contribution in [-0.4, -0.2) is 42.9 Å². The highest BCUT2D eigenvalue weighted by molar-refractivity contribution is 9.10. The van der Waals surface area contributed by atoms with Crippen LogP contribution < -0.4 is 15.4 Å². The molecular formula is C20H20BrN3O4. The molecule has 0 saturated carbocycles. The molecule has 0 aromatic heterocycles.